The van der Waals surface area contributed by atoms with Gasteiger partial charge in [0.1, 0.15) is 5.60 Å². The fourth-order valence-electron chi connectivity index (χ4n) is 3.09. The summed E-state index contributed by atoms with van der Waals surface area (Å²) in [5.74, 6) is -0.303. The Kier molecular flexibility index (Phi) is 9.04. The molecule has 0 aliphatic heterocycles. The first-order valence-electron chi connectivity index (χ1n) is 8.92. The Morgan fingerprint density at radius 2 is 1.73 bits per heavy atom. The number of halogens is 3. The van der Waals surface area contributed by atoms with E-state index in [9.17, 15) is 9.59 Å². The van der Waals surface area contributed by atoms with Gasteiger partial charge in [-0.2, -0.15) is 0 Å². The van der Waals surface area contributed by atoms with Crippen molar-refractivity contribution in [2.75, 3.05) is 0 Å². The number of alkyl halides is 3. The molecular formula is C18H29Cl3N2O3. The molecule has 0 aromatic rings. The molecule has 2 atom stereocenters. The van der Waals surface area contributed by atoms with Crippen molar-refractivity contribution < 1.29 is 14.3 Å². The fraction of sp³-hybridized carbons (Fsp3) is 0.778. The second-order valence-corrected chi connectivity index (χ2v) is 10.0. The lowest BCUT2D eigenvalue weighted by Gasteiger charge is -2.32. The molecule has 0 aromatic carbocycles. The third-order valence-electron chi connectivity index (χ3n) is 4.26. The molecule has 0 unspecified atom stereocenters. The summed E-state index contributed by atoms with van der Waals surface area (Å²) in [5.41, 5.74) is -0.621. The molecule has 0 saturated heterocycles. The first kappa shape index (κ1) is 23.4. The smallest absolute Gasteiger partial charge is 0.407 e. The van der Waals surface area contributed by atoms with Crippen LogP contribution < -0.4 is 10.6 Å². The first-order chi connectivity index (χ1) is 11.9. The molecule has 0 bridgehead atoms. The van der Waals surface area contributed by atoms with Crippen molar-refractivity contribution in [2.45, 2.75) is 80.8 Å². The molecule has 0 spiro atoms. The molecule has 0 heterocycles. The van der Waals surface area contributed by atoms with Crippen LogP contribution in [0.1, 0.15) is 59.3 Å². The van der Waals surface area contributed by atoms with Gasteiger partial charge >= 0.3 is 6.09 Å². The summed E-state index contributed by atoms with van der Waals surface area (Å²) in [6.07, 6.45) is 7.44. The number of nitrogens with one attached hydrogen (secondary N) is 2. The van der Waals surface area contributed by atoms with E-state index in [0.717, 1.165) is 12.8 Å². The van der Waals surface area contributed by atoms with E-state index in [1.807, 2.05) is 0 Å². The minimum Gasteiger partial charge on any atom is -0.444 e. The molecule has 2 N–H and O–H groups in total. The van der Waals surface area contributed by atoms with Gasteiger partial charge in [0.15, 0.2) is 0 Å². The summed E-state index contributed by atoms with van der Waals surface area (Å²) >= 11 is 16.9. The fourth-order valence-corrected chi connectivity index (χ4v) is 3.26. The zero-order valence-corrected chi connectivity index (χ0v) is 17.9. The average Bonchev–Trinajstić information content (AvgIpc) is 2.50. The molecule has 1 saturated carbocycles. The molecule has 0 radical (unpaired) electrons. The maximum Gasteiger partial charge on any atom is 0.407 e. The Hall–Kier alpha value is -0.650. The lowest BCUT2D eigenvalue weighted by Crippen LogP contribution is -2.54. The molecule has 2 amide bonds. The summed E-state index contributed by atoms with van der Waals surface area (Å²) in [5, 5.41) is 5.49. The van der Waals surface area contributed by atoms with Crippen molar-refractivity contribution in [1.82, 2.24) is 10.6 Å². The van der Waals surface area contributed by atoms with Crippen molar-refractivity contribution in [3.05, 3.63) is 12.7 Å². The zero-order valence-electron chi connectivity index (χ0n) is 15.6. The van der Waals surface area contributed by atoms with E-state index < -0.39 is 33.5 Å². The third kappa shape index (κ3) is 8.83. The molecule has 1 fully saturated rings. The van der Waals surface area contributed by atoms with Gasteiger partial charge < -0.3 is 15.4 Å². The highest BCUT2D eigenvalue weighted by Crippen LogP contribution is 2.29. The van der Waals surface area contributed by atoms with Gasteiger partial charge in [0, 0.05) is 0 Å². The Morgan fingerprint density at radius 1 is 1.15 bits per heavy atom. The molecule has 8 heteroatoms. The van der Waals surface area contributed by atoms with Gasteiger partial charge in [-0.25, -0.2) is 4.79 Å². The van der Waals surface area contributed by atoms with E-state index in [1.54, 1.807) is 26.8 Å². The predicted octanol–water partition coefficient (Wildman–Crippen LogP) is 4.89. The number of rotatable bonds is 6. The van der Waals surface area contributed by atoms with Crippen LogP contribution in [-0.4, -0.2) is 33.5 Å². The maximum absolute atomic E-state index is 12.3. The molecular weight excluding hydrogens is 399 g/mol. The lowest BCUT2D eigenvalue weighted by atomic mass is 9.83. The molecule has 1 aliphatic rings. The van der Waals surface area contributed by atoms with E-state index in [2.05, 4.69) is 17.2 Å². The summed E-state index contributed by atoms with van der Waals surface area (Å²) in [4.78, 5) is 24.3. The van der Waals surface area contributed by atoms with Crippen molar-refractivity contribution >= 4 is 46.8 Å². The normalized spacial score (nSPS) is 18.5. The zero-order chi connectivity index (χ0) is 20.0. The van der Waals surface area contributed by atoms with Crippen molar-refractivity contribution in [3.63, 3.8) is 0 Å². The first-order valence-corrected chi connectivity index (χ1v) is 10.1. The third-order valence-corrected chi connectivity index (χ3v) is 4.77. The Balaban J connectivity index is 2.86. The van der Waals surface area contributed by atoms with Gasteiger partial charge in [0.05, 0.1) is 12.1 Å². The van der Waals surface area contributed by atoms with E-state index >= 15 is 0 Å². The van der Waals surface area contributed by atoms with Crippen LogP contribution in [0.5, 0.6) is 0 Å². The van der Waals surface area contributed by atoms with Crippen LogP contribution in [-0.2, 0) is 9.53 Å². The number of carbonyl (C=O) groups excluding carboxylic acids is 2. The van der Waals surface area contributed by atoms with E-state index in [0.29, 0.717) is 12.3 Å². The number of ether oxygens (including phenoxy) is 1. The van der Waals surface area contributed by atoms with Crippen LogP contribution in [0.25, 0.3) is 0 Å². The second-order valence-electron chi connectivity index (χ2n) is 7.73. The molecule has 1 aliphatic carbocycles. The van der Waals surface area contributed by atoms with Gasteiger partial charge in [0.25, 0.3) is 9.70 Å². The minimum atomic E-state index is -2.08. The molecule has 5 nitrogen and oxygen atoms in total. The van der Waals surface area contributed by atoms with E-state index in [-0.39, 0.29) is 0 Å². The Bertz CT molecular complexity index is 495. The van der Waals surface area contributed by atoms with Gasteiger partial charge in [-0.1, -0.05) is 73.0 Å². The van der Waals surface area contributed by atoms with Crippen LogP contribution in [0, 0.1) is 5.92 Å². The predicted molar refractivity (Wildman–Crippen MR) is 107 cm³/mol. The second kappa shape index (κ2) is 10.0. The van der Waals surface area contributed by atoms with E-state index in [1.165, 1.54) is 19.3 Å². The molecule has 150 valence electrons. The van der Waals surface area contributed by atoms with Crippen LogP contribution >= 0.6 is 34.8 Å². The molecule has 0 aromatic heterocycles. The summed E-state index contributed by atoms with van der Waals surface area (Å²) in [6, 6.07) is -0.977. The van der Waals surface area contributed by atoms with Crippen molar-refractivity contribution in [2.24, 2.45) is 5.92 Å². The monoisotopic (exact) mass is 426 g/mol. The van der Waals surface area contributed by atoms with Crippen molar-refractivity contribution in [3.8, 4) is 0 Å². The van der Waals surface area contributed by atoms with E-state index in [4.69, 9.17) is 39.5 Å². The topological polar surface area (TPSA) is 67.4 Å². The maximum atomic E-state index is 12.3. The summed E-state index contributed by atoms with van der Waals surface area (Å²) < 4.78 is 3.27. The largest absolute Gasteiger partial charge is 0.444 e. The van der Waals surface area contributed by atoms with Crippen LogP contribution in [0.2, 0.25) is 0 Å². The minimum absolute atomic E-state index is 0.401. The molecule has 26 heavy (non-hydrogen) atoms. The van der Waals surface area contributed by atoms with Gasteiger partial charge in [-0.3, -0.25) is 4.79 Å². The van der Waals surface area contributed by atoms with Crippen LogP contribution in [0.15, 0.2) is 12.7 Å². The average molecular weight is 428 g/mol. The van der Waals surface area contributed by atoms with Gasteiger partial charge in [-0.05, 0) is 33.1 Å². The lowest BCUT2D eigenvalue weighted by molar-refractivity contribution is -0.120. The summed E-state index contributed by atoms with van der Waals surface area (Å²) in [6.45, 7) is 9.13. The highest BCUT2D eigenvalue weighted by atomic mass is 35.6. The van der Waals surface area contributed by atoms with Crippen LogP contribution in [0.4, 0.5) is 4.79 Å². The highest BCUT2D eigenvalue weighted by Gasteiger charge is 2.35. The number of amides is 2. The molecule has 1 rings (SSSR count). The Morgan fingerprint density at radius 3 is 2.19 bits per heavy atom. The number of alkyl carbamates (subject to hydrolysis) is 1. The number of carbonyl (C=O) groups is 2. The highest BCUT2D eigenvalue weighted by molar-refractivity contribution is 6.76. The SMILES string of the molecule is C=C[C@H](NC(=O)C(Cl)(Cl)Cl)[C@H](CC1CCCCC1)NC(=O)OC(C)(C)C. The van der Waals surface area contributed by atoms with Crippen LogP contribution in [0.3, 0.4) is 0 Å². The summed E-state index contributed by atoms with van der Waals surface area (Å²) in [7, 11) is 0. The van der Waals surface area contributed by atoms with Gasteiger partial charge in [0.2, 0.25) is 0 Å². The Labute approximate surface area is 171 Å². The van der Waals surface area contributed by atoms with Crippen molar-refractivity contribution in [1.29, 1.82) is 0 Å². The van der Waals surface area contributed by atoms with Gasteiger partial charge in [-0.15, -0.1) is 6.58 Å². The number of hydrogen-bond donors (Lipinski definition) is 2. The quantitative estimate of drug-likeness (QED) is 0.468. The number of hydrogen-bond acceptors (Lipinski definition) is 3. The standard InChI is InChI=1S/C18H29Cl3N2O3/c1-5-13(22-15(24)18(19,20)21)14(11-12-9-7-6-8-10-12)23-16(25)26-17(2,3)4/h5,12-14H,1,6-11H2,2-4H3,(H,22,24)(H,23,25)/t13-,14-/m0/s1.